The number of aromatic nitrogens is 2. The molecule has 86 valence electrons. The minimum atomic E-state index is 0.372. The molecule has 0 aliphatic rings. The lowest BCUT2D eigenvalue weighted by Gasteiger charge is -2.05. The van der Waals surface area contributed by atoms with Crippen molar-refractivity contribution in [2.45, 2.75) is 13.5 Å². The lowest BCUT2D eigenvalue weighted by atomic mass is 10.2. The highest BCUT2D eigenvalue weighted by Gasteiger charge is 2.05. The fourth-order valence-corrected chi connectivity index (χ4v) is 1.52. The number of nitriles is 1. The first-order valence-corrected chi connectivity index (χ1v) is 5.29. The molecule has 1 N–H and O–H groups in total. The zero-order chi connectivity index (χ0) is 12.3. The van der Waals surface area contributed by atoms with E-state index in [1.54, 1.807) is 25.1 Å². The van der Waals surface area contributed by atoms with Gasteiger partial charge in [-0.1, -0.05) is 16.8 Å². The highest BCUT2D eigenvalue weighted by Crippen LogP contribution is 2.20. The summed E-state index contributed by atoms with van der Waals surface area (Å²) in [6.07, 6.45) is 0. The van der Waals surface area contributed by atoms with E-state index in [1.165, 1.54) is 0 Å². The van der Waals surface area contributed by atoms with Gasteiger partial charge in [0.05, 0.1) is 17.8 Å². The Balaban J connectivity index is 2.12. The summed E-state index contributed by atoms with van der Waals surface area (Å²) in [7, 11) is 0. The summed E-state index contributed by atoms with van der Waals surface area (Å²) >= 11 is 5.80. The van der Waals surface area contributed by atoms with E-state index in [0.717, 1.165) is 0 Å². The van der Waals surface area contributed by atoms with Crippen molar-refractivity contribution in [3.8, 4) is 6.07 Å². The summed E-state index contributed by atoms with van der Waals surface area (Å²) in [4.78, 5) is 4.05. The van der Waals surface area contributed by atoms with Crippen LogP contribution in [-0.4, -0.2) is 10.1 Å². The predicted molar refractivity (Wildman–Crippen MR) is 62.5 cm³/mol. The molecule has 1 aromatic carbocycles. The van der Waals surface area contributed by atoms with Crippen molar-refractivity contribution in [1.29, 1.82) is 5.26 Å². The van der Waals surface area contributed by atoms with Gasteiger partial charge < -0.3 is 9.84 Å². The summed E-state index contributed by atoms with van der Waals surface area (Å²) in [5.74, 6) is 1.06. The van der Waals surface area contributed by atoms with Crippen LogP contribution in [0.1, 0.15) is 17.3 Å². The molecule has 0 aliphatic carbocycles. The molecule has 0 amide bonds. The molecule has 6 heteroatoms. The van der Waals surface area contributed by atoms with Crippen LogP contribution in [0, 0.1) is 18.3 Å². The quantitative estimate of drug-likeness (QED) is 0.903. The Hall–Kier alpha value is -2.06. The molecule has 0 saturated carbocycles. The number of hydrogen-bond donors (Lipinski definition) is 1. The first kappa shape index (κ1) is 11.4. The molecule has 0 spiro atoms. The van der Waals surface area contributed by atoms with E-state index in [4.69, 9.17) is 21.4 Å². The second-order valence-corrected chi connectivity index (χ2v) is 3.83. The fraction of sp³-hybridized carbons (Fsp3) is 0.182. The molecule has 0 atom stereocenters. The van der Waals surface area contributed by atoms with Crippen molar-refractivity contribution in [2.24, 2.45) is 0 Å². The summed E-state index contributed by atoms with van der Waals surface area (Å²) in [6, 6.07) is 7.12. The predicted octanol–water partition coefficient (Wildman–Crippen LogP) is 2.52. The molecule has 0 saturated heterocycles. The molecule has 1 aromatic heterocycles. The molecule has 2 rings (SSSR count). The van der Waals surface area contributed by atoms with Gasteiger partial charge in [0.1, 0.15) is 6.07 Å². The Kier molecular flexibility index (Phi) is 3.26. The van der Waals surface area contributed by atoms with E-state index in [-0.39, 0.29) is 0 Å². The average molecular weight is 249 g/mol. The second kappa shape index (κ2) is 4.85. The van der Waals surface area contributed by atoms with Crippen molar-refractivity contribution in [3.05, 3.63) is 40.5 Å². The van der Waals surface area contributed by atoms with Crippen molar-refractivity contribution >= 4 is 17.3 Å². The van der Waals surface area contributed by atoms with Crippen LogP contribution >= 0.6 is 11.6 Å². The van der Waals surface area contributed by atoms with Gasteiger partial charge in [0.15, 0.2) is 5.82 Å². The number of nitrogens with one attached hydrogen (secondary N) is 1. The maximum absolute atomic E-state index is 8.94. The first-order chi connectivity index (χ1) is 8.19. The Morgan fingerprint density at radius 2 is 2.35 bits per heavy atom. The third kappa shape index (κ3) is 2.74. The zero-order valence-corrected chi connectivity index (χ0v) is 9.82. The van der Waals surface area contributed by atoms with Crippen LogP contribution < -0.4 is 5.32 Å². The second-order valence-electron chi connectivity index (χ2n) is 3.39. The Bertz CT molecular complexity index is 573. The summed E-state index contributed by atoms with van der Waals surface area (Å²) in [5, 5.41) is 16.2. The molecular formula is C11H9ClN4O. The zero-order valence-electron chi connectivity index (χ0n) is 9.07. The minimum absolute atomic E-state index is 0.372. The van der Waals surface area contributed by atoms with Crippen LogP contribution in [-0.2, 0) is 6.54 Å². The number of hydrogen-bond acceptors (Lipinski definition) is 5. The number of nitrogens with zero attached hydrogens (tertiary/aromatic N) is 3. The molecular weight excluding hydrogens is 240 g/mol. The van der Waals surface area contributed by atoms with Gasteiger partial charge in [-0.05, 0) is 25.1 Å². The lowest BCUT2D eigenvalue weighted by Crippen LogP contribution is -2.01. The minimum Gasteiger partial charge on any atom is -0.375 e. The van der Waals surface area contributed by atoms with Crippen molar-refractivity contribution in [2.75, 3.05) is 5.32 Å². The summed E-state index contributed by atoms with van der Waals surface area (Å²) < 4.78 is 4.95. The topological polar surface area (TPSA) is 74.7 Å². The third-order valence-electron chi connectivity index (χ3n) is 2.10. The smallest absolute Gasteiger partial charge is 0.245 e. The van der Waals surface area contributed by atoms with Crippen molar-refractivity contribution in [1.82, 2.24) is 10.1 Å². The van der Waals surface area contributed by atoms with Crippen LogP contribution in [0.15, 0.2) is 22.7 Å². The molecule has 0 radical (unpaired) electrons. The Morgan fingerprint density at radius 3 is 3.00 bits per heavy atom. The van der Waals surface area contributed by atoms with E-state index in [2.05, 4.69) is 21.5 Å². The molecule has 17 heavy (non-hydrogen) atoms. The normalized spacial score (nSPS) is 9.94. The number of halogens is 1. The van der Waals surface area contributed by atoms with Gasteiger partial charge >= 0.3 is 0 Å². The van der Waals surface area contributed by atoms with E-state index in [0.29, 0.717) is 34.5 Å². The molecule has 0 unspecified atom stereocenters. The number of benzene rings is 1. The average Bonchev–Trinajstić information content (AvgIpc) is 2.73. The molecule has 0 fully saturated rings. The van der Waals surface area contributed by atoms with Crippen LogP contribution in [0.2, 0.25) is 5.02 Å². The molecule has 0 bridgehead atoms. The van der Waals surface area contributed by atoms with Gasteiger partial charge in [-0.25, -0.2) is 0 Å². The molecule has 1 heterocycles. The van der Waals surface area contributed by atoms with E-state index >= 15 is 0 Å². The number of aryl methyl sites for hydroxylation is 1. The maximum Gasteiger partial charge on any atom is 0.245 e. The van der Waals surface area contributed by atoms with Crippen LogP contribution in [0.3, 0.4) is 0 Å². The van der Waals surface area contributed by atoms with Gasteiger partial charge in [-0.15, -0.1) is 0 Å². The number of rotatable bonds is 3. The van der Waals surface area contributed by atoms with Crippen LogP contribution in [0.5, 0.6) is 0 Å². The van der Waals surface area contributed by atoms with Gasteiger partial charge in [-0.2, -0.15) is 10.2 Å². The van der Waals surface area contributed by atoms with Crippen LogP contribution in [0.4, 0.5) is 5.69 Å². The van der Waals surface area contributed by atoms with E-state index < -0.39 is 0 Å². The highest BCUT2D eigenvalue weighted by atomic mass is 35.5. The number of anilines is 1. The molecule has 0 aliphatic heterocycles. The largest absolute Gasteiger partial charge is 0.375 e. The van der Waals surface area contributed by atoms with Crippen molar-refractivity contribution < 1.29 is 4.52 Å². The van der Waals surface area contributed by atoms with Crippen LogP contribution in [0.25, 0.3) is 0 Å². The Morgan fingerprint density at radius 1 is 1.53 bits per heavy atom. The monoisotopic (exact) mass is 248 g/mol. The first-order valence-electron chi connectivity index (χ1n) is 4.92. The van der Waals surface area contributed by atoms with E-state index in [9.17, 15) is 0 Å². The maximum atomic E-state index is 8.94. The van der Waals surface area contributed by atoms with Gasteiger partial charge in [-0.3, -0.25) is 0 Å². The van der Waals surface area contributed by atoms with Gasteiger partial charge in [0.25, 0.3) is 0 Å². The fourth-order valence-electron chi connectivity index (χ4n) is 1.35. The Labute approximate surface area is 103 Å². The molecule has 5 nitrogen and oxygen atoms in total. The highest BCUT2D eigenvalue weighted by molar-refractivity contribution is 6.30. The lowest BCUT2D eigenvalue weighted by molar-refractivity contribution is 0.379. The summed E-state index contributed by atoms with van der Waals surface area (Å²) in [6.45, 7) is 2.12. The SMILES string of the molecule is Cc1noc(CNc2ccc(Cl)cc2C#N)n1. The third-order valence-corrected chi connectivity index (χ3v) is 2.34. The van der Waals surface area contributed by atoms with E-state index in [1.807, 2.05) is 0 Å². The van der Waals surface area contributed by atoms with Gasteiger partial charge in [0.2, 0.25) is 5.89 Å². The summed E-state index contributed by atoms with van der Waals surface area (Å²) in [5.41, 5.74) is 1.17. The van der Waals surface area contributed by atoms with Crippen molar-refractivity contribution in [3.63, 3.8) is 0 Å². The standard InChI is InChI=1S/C11H9ClN4O/c1-7-15-11(17-16-7)6-14-10-3-2-9(12)4-8(10)5-13/h2-4,14H,6H2,1H3. The van der Waals surface area contributed by atoms with Gasteiger partial charge in [0, 0.05) is 5.02 Å². The molecule has 2 aromatic rings.